The molecular formula is C11H14ClNO. The summed E-state index contributed by atoms with van der Waals surface area (Å²) in [6, 6.07) is 7.81. The van der Waals surface area contributed by atoms with Crippen LogP contribution in [0.1, 0.15) is 19.3 Å². The maximum Gasteiger partial charge on any atom is 0.121 e. The standard InChI is InChI=1S/C11H14ClNO/c12-8-2-1-3-10(6-8)14-11-5-4-9(13)7-11/h1-3,6,9,11H,4-5,7,13H2. The van der Waals surface area contributed by atoms with Crippen molar-refractivity contribution >= 4 is 11.6 Å². The van der Waals surface area contributed by atoms with Crippen LogP contribution in [0.15, 0.2) is 24.3 Å². The normalized spacial score (nSPS) is 26.4. The van der Waals surface area contributed by atoms with E-state index < -0.39 is 0 Å². The van der Waals surface area contributed by atoms with Crippen molar-refractivity contribution in [3.8, 4) is 5.75 Å². The first-order valence-corrected chi connectivity index (χ1v) is 5.29. The molecule has 0 aromatic heterocycles. The zero-order valence-corrected chi connectivity index (χ0v) is 8.70. The van der Waals surface area contributed by atoms with Crippen LogP contribution in [0.3, 0.4) is 0 Å². The highest BCUT2D eigenvalue weighted by atomic mass is 35.5. The van der Waals surface area contributed by atoms with Gasteiger partial charge in [0.25, 0.3) is 0 Å². The molecule has 1 aliphatic carbocycles. The second-order valence-corrected chi connectivity index (χ2v) is 4.21. The summed E-state index contributed by atoms with van der Waals surface area (Å²) in [7, 11) is 0. The molecule has 0 bridgehead atoms. The summed E-state index contributed by atoms with van der Waals surface area (Å²) in [5.74, 6) is 0.844. The van der Waals surface area contributed by atoms with Crippen molar-refractivity contribution in [1.82, 2.24) is 0 Å². The van der Waals surface area contributed by atoms with E-state index in [2.05, 4.69) is 0 Å². The minimum Gasteiger partial charge on any atom is -0.490 e. The van der Waals surface area contributed by atoms with Crippen LogP contribution in [0, 0.1) is 0 Å². The van der Waals surface area contributed by atoms with Gasteiger partial charge in [0.2, 0.25) is 0 Å². The lowest BCUT2D eigenvalue weighted by atomic mass is 10.3. The molecule has 1 fully saturated rings. The Labute approximate surface area is 89.0 Å². The molecule has 0 aliphatic heterocycles. The Morgan fingerprint density at radius 2 is 2.21 bits per heavy atom. The first-order valence-electron chi connectivity index (χ1n) is 4.92. The van der Waals surface area contributed by atoms with Gasteiger partial charge in [-0.3, -0.25) is 0 Å². The van der Waals surface area contributed by atoms with Crippen LogP contribution in [-0.4, -0.2) is 12.1 Å². The van der Waals surface area contributed by atoms with Crippen molar-refractivity contribution in [1.29, 1.82) is 0 Å². The molecule has 1 aromatic carbocycles. The molecule has 2 N–H and O–H groups in total. The fourth-order valence-electron chi connectivity index (χ4n) is 1.81. The predicted molar refractivity (Wildman–Crippen MR) is 57.7 cm³/mol. The van der Waals surface area contributed by atoms with E-state index in [9.17, 15) is 0 Å². The molecule has 1 aromatic rings. The van der Waals surface area contributed by atoms with Gasteiger partial charge < -0.3 is 10.5 Å². The van der Waals surface area contributed by atoms with Crippen molar-refractivity contribution < 1.29 is 4.74 Å². The molecule has 2 nitrogen and oxygen atoms in total. The molecule has 0 amide bonds. The van der Waals surface area contributed by atoms with Crippen molar-refractivity contribution in [3.63, 3.8) is 0 Å². The summed E-state index contributed by atoms with van der Waals surface area (Å²) in [6.07, 6.45) is 3.33. The van der Waals surface area contributed by atoms with Gasteiger partial charge in [-0.15, -0.1) is 0 Å². The highest BCUT2D eigenvalue weighted by Gasteiger charge is 2.22. The molecule has 2 atom stereocenters. The maximum absolute atomic E-state index is 5.85. The lowest BCUT2D eigenvalue weighted by Gasteiger charge is -2.13. The van der Waals surface area contributed by atoms with Gasteiger partial charge in [-0.05, 0) is 37.5 Å². The molecule has 14 heavy (non-hydrogen) atoms. The Bertz CT molecular complexity index is 316. The highest BCUT2D eigenvalue weighted by molar-refractivity contribution is 6.30. The molecule has 76 valence electrons. The van der Waals surface area contributed by atoms with Gasteiger partial charge in [-0.2, -0.15) is 0 Å². The van der Waals surface area contributed by atoms with E-state index in [-0.39, 0.29) is 6.10 Å². The summed E-state index contributed by atoms with van der Waals surface area (Å²) in [6.45, 7) is 0. The lowest BCUT2D eigenvalue weighted by Crippen LogP contribution is -2.19. The molecule has 0 heterocycles. The summed E-state index contributed by atoms with van der Waals surface area (Å²) >= 11 is 5.85. The van der Waals surface area contributed by atoms with E-state index in [0.29, 0.717) is 11.1 Å². The number of hydrogen-bond donors (Lipinski definition) is 1. The van der Waals surface area contributed by atoms with Crippen molar-refractivity contribution in [2.24, 2.45) is 5.73 Å². The number of benzene rings is 1. The Kier molecular flexibility index (Phi) is 2.94. The van der Waals surface area contributed by atoms with Crippen molar-refractivity contribution in [2.45, 2.75) is 31.4 Å². The van der Waals surface area contributed by atoms with Gasteiger partial charge in [0, 0.05) is 11.1 Å². The zero-order valence-electron chi connectivity index (χ0n) is 7.95. The second-order valence-electron chi connectivity index (χ2n) is 3.77. The number of halogens is 1. The van der Waals surface area contributed by atoms with Crippen LogP contribution in [0.5, 0.6) is 5.75 Å². The van der Waals surface area contributed by atoms with Crippen LogP contribution in [0.2, 0.25) is 5.02 Å². The first-order chi connectivity index (χ1) is 6.74. The average Bonchev–Trinajstić information content (AvgIpc) is 2.51. The number of nitrogens with two attached hydrogens (primary N) is 1. The molecule has 0 spiro atoms. The first kappa shape index (κ1) is 9.81. The lowest BCUT2D eigenvalue weighted by molar-refractivity contribution is 0.208. The van der Waals surface area contributed by atoms with Gasteiger partial charge in [0.1, 0.15) is 11.9 Å². The smallest absolute Gasteiger partial charge is 0.121 e. The quantitative estimate of drug-likeness (QED) is 0.816. The minimum atomic E-state index is 0.267. The van der Waals surface area contributed by atoms with Gasteiger partial charge in [0.05, 0.1) is 0 Å². The molecular weight excluding hydrogens is 198 g/mol. The molecule has 3 heteroatoms. The average molecular weight is 212 g/mol. The maximum atomic E-state index is 5.85. The van der Waals surface area contributed by atoms with Crippen LogP contribution in [-0.2, 0) is 0 Å². The third kappa shape index (κ3) is 2.40. The van der Waals surface area contributed by atoms with Crippen molar-refractivity contribution in [2.75, 3.05) is 0 Å². The molecule has 2 rings (SSSR count). The van der Waals surface area contributed by atoms with E-state index in [1.807, 2.05) is 24.3 Å². The van der Waals surface area contributed by atoms with Crippen LogP contribution < -0.4 is 10.5 Å². The van der Waals surface area contributed by atoms with E-state index >= 15 is 0 Å². The minimum absolute atomic E-state index is 0.267. The number of ether oxygens (including phenoxy) is 1. The Hall–Kier alpha value is -0.730. The Morgan fingerprint density at radius 3 is 2.86 bits per heavy atom. The fourth-order valence-corrected chi connectivity index (χ4v) is 1.99. The Balaban J connectivity index is 1.97. The van der Waals surface area contributed by atoms with Crippen molar-refractivity contribution in [3.05, 3.63) is 29.3 Å². The Morgan fingerprint density at radius 1 is 1.36 bits per heavy atom. The molecule has 0 saturated heterocycles. The second kappa shape index (κ2) is 4.20. The van der Waals surface area contributed by atoms with Gasteiger partial charge in [-0.1, -0.05) is 17.7 Å². The highest BCUT2D eigenvalue weighted by Crippen LogP contribution is 2.25. The fraction of sp³-hybridized carbons (Fsp3) is 0.455. The third-order valence-corrected chi connectivity index (χ3v) is 2.76. The van der Waals surface area contributed by atoms with Crippen LogP contribution >= 0.6 is 11.6 Å². The third-order valence-electron chi connectivity index (χ3n) is 2.52. The SMILES string of the molecule is NC1CCC(Oc2cccc(Cl)c2)C1. The van der Waals surface area contributed by atoms with Gasteiger partial charge in [0.15, 0.2) is 0 Å². The van der Waals surface area contributed by atoms with E-state index in [4.69, 9.17) is 22.1 Å². The number of hydrogen-bond acceptors (Lipinski definition) is 2. The van der Waals surface area contributed by atoms with E-state index in [1.54, 1.807) is 0 Å². The molecule has 1 saturated carbocycles. The van der Waals surface area contributed by atoms with E-state index in [1.165, 1.54) is 0 Å². The summed E-state index contributed by atoms with van der Waals surface area (Å²) < 4.78 is 5.76. The topological polar surface area (TPSA) is 35.2 Å². The molecule has 2 unspecified atom stereocenters. The van der Waals surface area contributed by atoms with Crippen LogP contribution in [0.4, 0.5) is 0 Å². The monoisotopic (exact) mass is 211 g/mol. The number of rotatable bonds is 2. The molecule has 0 radical (unpaired) electrons. The predicted octanol–water partition coefficient (Wildman–Crippen LogP) is 2.60. The molecule has 1 aliphatic rings. The summed E-state index contributed by atoms with van der Waals surface area (Å²) in [5, 5.41) is 0.713. The van der Waals surface area contributed by atoms with E-state index in [0.717, 1.165) is 25.0 Å². The summed E-state index contributed by atoms with van der Waals surface area (Å²) in [4.78, 5) is 0. The summed E-state index contributed by atoms with van der Waals surface area (Å²) in [5.41, 5.74) is 5.80. The van der Waals surface area contributed by atoms with Gasteiger partial charge >= 0.3 is 0 Å². The largest absolute Gasteiger partial charge is 0.490 e. The van der Waals surface area contributed by atoms with Crippen LogP contribution in [0.25, 0.3) is 0 Å². The zero-order chi connectivity index (χ0) is 9.97. The van der Waals surface area contributed by atoms with Gasteiger partial charge in [-0.25, -0.2) is 0 Å².